The molecule has 5 heteroatoms. The Morgan fingerprint density at radius 1 is 1.65 bits per heavy atom. The van der Waals surface area contributed by atoms with Gasteiger partial charge in [0.15, 0.2) is 0 Å². The first-order chi connectivity index (χ1) is 8.17. The number of aryl methyl sites for hydroxylation is 1. The Kier molecular flexibility index (Phi) is 5.59. The molecule has 0 saturated carbocycles. The minimum Gasteiger partial charge on any atom is -0.383 e. The molecular formula is C12H19N3O2. The average molecular weight is 237 g/mol. The highest BCUT2D eigenvalue weighted by Crippen LogP contribution is 2.02. The molecule has 0 fully saturated rings. The normalized spacial score (nSPS) is 12.2. The van der Waals surface area contributed by atoms with Crippen LogP contribution in [0.4, 0.5) is 0 Å². The first kappa shape index (κ1) is 13.6. The Balaban J connectivity index is 2.63. The van der Waals surface area contributed by atoms with Crippen molar-refractivity contribution < 1.29 is 9.53 Å². The number of nitrogens with two attached hydrogens (primary N) is 1. The zero-order valence-corrected chi connectivity index (χ0v) is 10.3. The van der Waals surface area contributed by atoms with E-state index < -0.39 is 0 Å². The number of ether oxygens (including phenoxy) is 1. The second kappa shape index (κ2) is 6.98. The molecule has 0 bridgehead atoms. The van der Waals surface area contributed by atoms with Gasteiger partial charge in [0, 0.05) is 24.6 Å². The van der Waals surface area contributed by atoms with Crippen LogP contribution in [0.1, 0.15) is 22.5 Å². The van der Waals surface area contributed by atoms with E-state index in [1.54, 1.807) is 25.4 Å². The molecule has 1 amide bonds. The van der Waals surface area contributed by atoms with Crippen molar-refractivity contribution in [3.8, 4) is 0 Å². The van der Waals surface area contributed by atoms with E-state index in [1.165, 1.54) is 0 Å². The van der Waals surface area contributed by atoms with Crippen molar-refractivity contribution in [2.45, 2.75) is 19.4 Å². The summed E-state index contributed by atoms with van der Waals surface area (Å²) in [5.41, 5.74) is 6.91. The summed E-state index contributed by atoms with van der Waals surface area (Å²) in [5.74, 6) is -0.119. The van der Waals surface area contributed by atoms with Gasteiger partial charge < -0.3 is 15.8 Å². The maximum Gasteiger partial charge on any atom is 0.251 e. The van der Waals surface area contributed by atoms with Crippen LogP contribution in [0, 0.1) is 6.92 Å². The second-order valence-corrected chi connectivity index (χ2v) is 3.89. The Morgan fingerprint density at radius 2 is 2.41 bits per heavy atom. The first-order valence-electron chi connectivity index (χ1n) is 5.60. The van der Waals surface area contributed by atoms with E-state index >= 15 is 0 Å². The van der Waals surface area contributed by atoms with E-state index in [-0.39, 0.29) is 11.9 Å². The molecule has 0 aliphatic heterocycles. The topological polar surface area (TPSA) is 77.2 Å². The third-order valence-corrected chi connectivity index (χ3v) is 2.38. The number of hydrogen-bond donors (Lipinski definition) is 2. The van der Waals surface area contributed by atoms with Crippen LogP contribution in [0.15, 0.2) is 18.3 Å². The third kappa shape index (κ3) is 4.50. The lowest BCUT2D eigenvalue weighted by molar-refractivity contribution is 0.0893. The minimum absolute atomic E-state index is 0.0500. The Labute approximate surface area is 101 Å². The molecule has 0 aliphatic rings. The van der Waals surface area contributed by atoms with Gasteiger partial charge in [-0.15, -0.1) is 0 Å². The maximum absolute atomic E-state index is 11.9. The van der Waals surface area contributed by atoms with Crippen LogP contribution in [0.3, 0.4) is 0 Å². The summed E-state index contributed by atoms with van der Waals surface area (Å²) < 4.78 is 5.03. The molecule has 0 saturated heterocycles. The number of carbonyl (C=O) groups is 1. The van der Waals surface area contributed by atoms with Crippen molar-refractivity contribution in [1.82, 2.24) is 10.3 Å². The molecule has 1 aromatic heterocycles. The molecule has 94 valence electrons. The van der Waals surface area contributed by atoms with Gasteiger partial charge in [-0.25, -0.2) is 0 Å². The van der Waals surface area contributed by atoms with Crippen LogP contribution in [0.5, 0.6) is 0 Å². The Morgan fingerprint density at radius 3 is 3.00 bits per heavy atom. The van der Waals surface area contributed by atoms with Crippen molar-refractivity contribution in [2.75, 3.05) is 20.3 Å². The van der Waals surface area contributed by atoms with Gasteiger partial charge in [0.25, 0.3) is 5.91 Å². The quantitative estimate of drug-likeness (QED) is 0.754. The van der Waals surface area contributed by atoms with Crippen molar-refractivity contribution in [2.24, 2.45) is 5.73 Å². The van der Waals surface area contributed by atoms with Crippen molar-refractivity contribution in [3.05, 3.63) is 29.6 Å². The number of carbonyl (C=O) groups excluding carboxylic acids is 1. The van der Waals surface area contributed by atoms with Gasteiger partial charge in [0.05, 0.1) is 12.6 Å². The largest absolute Gasteiger partial charge is 0.383 e. The zero-order chi connectivity index (χ0) is 12.7. The summed E-state index contributed by atoms with van der Waals surface area (Å²) in [4.78, 5) is 16.0. The SMILES string of the molecule is COCC(CCN)NC(=O)c1ccnc(C)c1. The standard InChI is InChI=1S/C12H19N3O2/c1-9-7-10(4-6-14-9)12(16)15-11(3-5-13)8-17-2/h4,6-7,11H,3,5,8,13H2,1-2H3,(H,15,16). The van der Waals surface area contributed by atoms with Crippen molar-refractivity contribution >= 4 is 5.91 Å². The highest BCUT2D eigenvalue weighted by atomic mass is 16.5. The summed E-state index contributed by atoms with van der Waals surface area (Å²) in [5, 5.41) is 2.89. The Hall–Kier alpha value is -1.46. The molecule has 1 heterocycles. The summed E-state index contributed by atoms with van der Waals surface area (Å²) in [7, 11) is 1.60. The van der Waals surface area contributed by atoms with Crippen molar-refractivity contribution in [3.63, 3.8) is 0 Å². The van der Waals surface area contributed by atoms with Gasteiger partial charge >= 0.3 is 0 Å². The van der Waals surface area contributed by atoms with Gasteiger partial charge in [0.2, 0.25) is 0 Å². The van der Waals surface area contributed by atoms with Gasteiger partial charge in [-0.3, -0.25) is 9.78 Å². The van der Waals surface area contributed by atoms with Gasteiger partial charge in [-0.05, 0) is 32.0 Å². The first-order valence-corrected chi connectivity index (χ1v) is 5.60. The molecule has 0 aromatic carbocycles. The number of amides is 1. The smallest absolute Gasteiger partial charge is 0.251 e. The van der Waals surface area contributed by atoms with Crippen LogP contribution >= 0.6 is 0 Å². The van der Waals surface area contributed by atoms with Crippen LogP contribution in [0.25, 0.3) is 0 Å². The number of pyridine rings is 1. The van der Waals surface area contributed by atoms with Crippen molar-refractivity contribution in [1.29, 1.82) is 0 Å². The second-order valence-electron chi connectivity index (χ2n) is 3.89. The Bertz CT molecular complexity index is 363. The lowest BCUT2D eigenvalue weighted by Gasteiger charge is -2.17. The molecule has 0 radical (unpaired) electrons. The molecule has 1 aromatic rings. The highest BCUT2D eigenvalue weighted by molar-refractivity contribution is 5.94. The van der Waals surface area contributed by atoms with E-state index in [9.17, 15) is 4.79 Å². The predicted octanol–water partition coefficient (Wildman–Crippen LogP) is 0.484. The van der Waals surface area contributed by atoms with Gasteiger partial charge in [0.1, 0.15) is 0 Å². The van der Waals surface area contributed by atoms with Gasteiger partial charge in [-0.2, -0.15) is 0 Å². The molecule has 1 unspecified atom stereocenters. The van der Waals surface area contributed by atoms with E-state index in [1.807, 2.05) is 6.92 Å². The average Bonchev–Trinajstić information content (AvgIpc) is 2.29. The number of methoxy groups -OCH3 is 1. The van der Waals surface area contributed by atoms with E-state index in [0.717, 1.165) is 5.69 Å². The molecule has 5 nitrogen and oxygen atoms in total. The molecule has 3 N–H and O–H groups in total. The fourth-order valence-corrected chi connectivity index (χ4v) is 1.56. The lowest BCUT2D eigenvalue weighted by atomic mass is 10.1. The molecule has 1 atom stereocenters. The lowest BCUT2D eigenvalue weighted by Crippen LogP contribution is -2.39. The van der Waals surface area contributed by atoms with Gasteiger partial charge in [-0.1, -0.05) is 0 Å². The number of nitrogens with one attached hydrogen (secondary N) is 1. The third-order valence-electron chi connectivity index (χ3n) is 2.38. The monoisotopic (exact) mass is 237 g/mol. The predicted molar refractivity (Wildman–Crippen MR) is 65.8 cm³/mol. The molecule has 0 aliphatic carbocycles. The number of aromatic nitrogens is 1. The number of rotatable bonds is 6. The molecule has 0 spiro atoms. The zero-order valence-electron chi connectivity index (χ0n) is 10.3. The molecular weight excluding hydrogens is 218 g/mol. The maximum atomic E-state index is 11.9. The fraction of sp³-hybridized carbons (Fsp3) is 0.500. The summed E-state index contributed by atoms with van der Waals surface area (Å²) in [6.45, 7) is 2.83. The fourth-order valence-electron chi connectivity index (χ4n) is 1.56. The van der Waals surface area contributed by atoms with Crippen LogP contribution < -0.4 is 11.1 Å². The number of nitrogens with zero attached hydrogens (tertiary/aromatic N) is 1. The number of hydrogen-bond acceptors (Lipinski definition) is 4. The van der Waals surface area contributed by atoms with Crippen LogP contribution in [-0.4, -0.2) is 37.2 Å². The van der Waals surface area contributed by atoms with E-state index in [2.05, 4.69) is 10.3 Å². The molecule has 17 heavy (non-hydrogen) atoms. The summed E-state index contributed by atoms with van der Waals surface area (Å²) in [6, 6.07) is 3.39. The molecule has 1 rings (SSSR count). The van der Waals surface area contributed by atoms with E-state index in [4.69, 9.17) is 10.5 Å². The van der Waals surface area contributed by atoms with E-state index in [0.29, 0.717) is 25.1 Å². The summed E-state index contributed by atoms with van der Waals surface area (Å²) in [6.07, 6.45) is 2.32. The highest BCUT2D eigenvalue weighted by Gasteiger charge is 2.13. The van der Waals surface area contributed by atoms with Crippen LogP contribution in [0.2, 0.25) is 0 Å². The minimum atomic E-state index is -0.119. The summed E-state index contributed by atoms with van der Waals surface area (Å²) >= 11 is 0. The van der Waals surface area contributed by atoms with Crippen LogP contribution in [-0.2, 0) is 4.74 Å².